The number of hydrogen-bond acceptors (Lipinski definition) is 3. The van der Waals surface area contributed by atoms with Crippen molar-refractivity contribution in [3.05, 3.63) is 47.5 Å². The van der Waals surface area contributed by atoms with Crippen LogP contribution in [0.25, 0.3) is 11.0 Å². The number of carbonyl (C=O) groups excluding carboxylic acids is 1. The highest BCUT2D eigenvalue weighted by Crippen LogP contribution is 2.26. The number of furan rings is 1. The van der Waals surface area contributed by atoms with Gasteiger partial charge in [0.25, 0.3) is 5.91 Å². The molecule has 0 bridgehead atoms. The van der Waals surface area contributed by atoms with Gasteiger partial charge < -0.3 is 8.98 Å². The van der Waals surface area contributed by atoms with Crippen LogP contribution in [0.15, 0.2) is 35.2 Å². The first kappa shape index (κ1) is 13.4. The summed E-state index contributed by atoms with van der Waals surface area (Å²) in [4.78, 5) is 18.4. The van der Waals surface area contributed by atoms with E-state index in [1.54, 1.807) is 24.0 Å². The smallest absolute Gasteiger partial charge is 0.264 e. The van der Waals surface area contributed by atoms with E-state index < -0.39 is 0 Å². The van der Waals surface area contributed by atoms with Gasteiger partial charge in [-0.05, 0) is 37.1 Å². The van der Waals surface area contributed by atoms with Crippen molar-refractivity contribution in [2.75, 3.05) is 11.9 Å². The molecule has 0 aliphatic rings. The summed E-state index contributed by atoms with van der Waals surface area (Å²) >= 11 is 0. The number of rotatable bonds is 2. The third kappa shape index (κ3) is 2.11. The van der Waals surface area contributed by atoms with Crippen LogP contribution >= 0.6 is 0 Å². The van der Waals surface area contributed by atoms with Crippen LogP contribution in [-0.2, 0) is 7.05 Å². The number of aryl methyl sites for hydroxylation is 3. The number of nitrogens with zero attached hydrogens (tertiary/aromatic N) is 3. The molecule has 0 atom stereocenters. The molecule has 0 unspecified atom stereocenters. The monoisotopic (exact) mass is 283 g/mol. The molecule has 0 aliphatic carbocycles. The Morgan fingerprint density at radius 1 is 1.29 bits per heavy atom. The SMILES string of the molecule is Cc1cc2occ(C(=O)N(C)c3nccn3C)c2cc1C. The number of imidazole rings is 1. The van der Waals surface area contributed by atoms with Crippen molar-refractivity contribution < 1.29 is 9.21 Å². The van der Waals surface area contributed by atoms with Gasteiger partial charge in [-0.15, -0.1) is 0 Å². The van der Waals surface area contributed by atoms with Crippen molar-refractivity contribution in [2.45, 2.75) is 13.8 Å². The van der Waals surface area contributed by atoms with Crippen LogP contribution in [0.3, 0.4) is 0 Å². The van der Waals surface area contributed by atoms with Gasteiger partial charge in [0.15, 0.2) is 0 Å². The molecule has 5 nitrogen and oxygen atoms in total. The van der Waals surface area contributed by atoms with Crippen LogP contribution < -0.4 is 4.90 Å². The van der Waals surface area contributed by atoms with E-state index in [9.17, 15) is 4.79 Å². The second kappa shape index (κ2) is 4.77. The van der Waals surface area contributed by atoms with Crippen LogP contribution in [0.5, 0.6) is 0 Å². The molecule has 108 valence electrons. The Hall–Kier alpha value is -2.56. The van der Waals surface area contributed by atoms with Gasteiger partial charge >= 0.3 is 0 Å². The lowest BCUT2D eigenvalue weighted by molar-refractivity contribution is 0.0991. The van der Waals surface area contributed by atoms with Gasteiger partial charge in [-0.25, -0.2) is 4.98 Å². The maximum Gasteiger partial charge on any atom is 0.264 e. The average Bonchev–Trinajstić information content (AvgIpc) is 3.04. The molecular weight excluding hydrogens is 266 g/mol. The largest absolute Gasteiger partial charge is 0.463 e. The summed E-state index contributed by atoms with van der Waals surface area (Å²) in [5.41, 5.74) is 3.57. The summed E-state index contributed by atoms with van der Waals surface area (Å²) in [6.07, 6.45) is 4.99. The van der Waals surface area contributed by atoms with E-state index in [1.807, 2.05) is 33.0 Å². The Bertz CT molecular complexity index is 829. The fourth-order valence-corrected chi connectivity index (χ4v) is 2.40. The highest BCUT2D eigenvalue weighted by atomic mass is 16.3. The summed E-state index contributed by atoms with van der Waals surface area (Å²) in [5.74, 6) is 0.462. The summed E-state index contributed by atoms with van der Waals surface area (Å²) in [6, 6.07) is 3.95. The lowest BCUT2D eigenvalue weighted by Gasteiger charge is -2.15. The first-order valence-electron chi connectivity index (χ1n) is 6.73. The zero-order valence-electron chi connectivity index (χ0n) is 12.5. The van der Waals surface area contributed by atoms with E-state index in [0.29, 0.717) is 11.5 Å². The summed E-state index contributed by atoms with van der Waals surface area (Å²) in [7, 11) is 3.57. The van der Waals surface area contributed by atoms with E-state index in [1.165, 1.54) is 11.2 Å². The maximum absolute atomic E-state index is 12.7. The van der Waals surface area contributed by atoms with E-state index in [0.717, 1.165) is 22.1 Å². The quantitative estimate of drug-likeness (QED) is 0.726. The van der Waals surface area contributed by atoms with Gasteiger partial charge in [0.2, 0.25) is 5.95 Å². The van der Waals surface area contributed by atoms with Gasteiger partial charge in [0, 0.05) is 31.9 Å². The fraction of sp³-hybridized carbons (Fsp3) is 0.250. The number of anilines is 1. The highest BCUT2D eigenvalue weighted by molar-refractivity contribution is 6.12. The zero-order valence-corrected chi connectivity index (χ0v) is 12.5. The van der Waals surface area contributed by atoms with Crippen molar-refractivity contribution in [2.24, 2.45) is 7.05 Å². The summed E-state index contributed by atoms with van der Waals surface area (Å²) in [6.45, 7) is 4.05. The lowest BCUT2D eigenvalue weighted by atomic mass is 10.1. The molecule has 2 aromatic heterocycles. The van der Waals surface area contributed by atoms with Crippen LogP contribution in [0.4, 0.5) is 5.95 Å². The van der Waals surface area contributed by atoms with Crippen LogP contribution in [0.1, 0.15) is 21.5 Å². The first-order valence-corrected chi connectivity index (χ1v) is 6.73. The Morgan fingerprint density at radius 3 is 2.67 bits per heavy atom. The third-order valence-electron chi connectivity index (χ3n) is 3.82. The average molecular weight is 283 g/mol. The van der Waals surface area contributed by atoms with Gasteiger partial charge in [0.05, 0.1) is 5.56 Å². The van der Waals surface area contributed by atoms with E-state index in [4.69, 9.17) is 4.42 Å². The molecule has 3 aromatic rings. The predicted octanol–water partition coefficient (Wildman–Crippen LogP) is 3.06. The van der Waals surface area contributed by atoms with Crippen LogP contribution in [0.2, 0.25) is 0 Å². The molecule has 2 heterocycles. The van der Waals surface area contributed by atoms with E-state index >= 15 is 0 Å². The predicted molar refractivity (Wildman–Crippen MR) is 81.6 cm³/mol. The second-order valence-electron chi connectivity index (χ2n) is 5.28. The van der Waals surface area contributed by atoms with Crippen molar-refractivity contribution in [1.29, 1.82) is 0 Å². The van der Waals surface area contributed by atoms with Gasteiger partial charge in [0.1, 0.15) is 11.8 Å². The number of hydrogen-bond donors (Lipinski definition) is 0. The van der Waals surface area contributed by atoms with Crippen molar-refractivity contribution in [3.63, 3.8) is 0 Å². The Labute approximate surface area is 122 Å². The first-order chi connectivity index (χ1) is 9.99. The number of fused-ring (bicyclic) bond motifs is 1. The fourth-order valence-electron chi connectivity index (χ4n) is 2.40. The molecule has 1 aromatic carbocycles. The summed E-state index contributed by atoms with van der Waals surface area (Å²) < 4.78 is 7.33. The molecular formula is C16H17N3O2. The highest BCUT2D eigenvalue weighted by Gasteiger charge is 2.21. The molecule has 1 amide bonds. The van der Waals surface area contributed by atoms with Crippen molar-refractivity contribution in [3.8, 4) is 0 Å². The Morgan fingerprint density at radius 2 is 2.00 bits per heavy atom. The standard InChI is InChI=1S/C16H17N3O2/c1-10-7-12-13(9-21-14(12)8-11(10)2)15(20)19(4)16-17-5-6-18(16)3/h5-9H,1-4H3. The molecule has 0 N–H and O–H groups in total. The van der Waals surface area contributed by atoms with Crippen molar-refractivity contribution >= 4 is 22.8 Å². The molecule has 0 spiro atoms. The molecule has 0 fully saturated rings. The Balaban J connectivity index is 2.06. The van der Waals surface area contributed by atoms with E-state index in [2.05, 4.69) is 4.98 Å². The van der Waals surface area contributed by atoms with Crippen LogP contribution in [0, 0.1) is 13.8 Å². The molecule has 21 heavy (non-hydrogen) atoms. The van der Waals surface area contributed by atoms with E-state index in [-0.39, 0.29) is 5.91 Å². The maximum atomic E-state index is 12.7. The number of aromatic nitrogens is 2. The molecule has 0 radical (unpaired) electrons. The molecule has 0 saturated heterocycles. The van der Waals surface area contributed by atoms with Gasteiger partial charge in [-0.1, -0.05) is 0 Å². The summed E-state index contributed by atoms with van der Waals surface area (Å²) in [5, 5.41) is 0.837. The minimum atomic E-state index is -0.133. The molecule has 5 heteroatoms. The number of amides is 1. The normalized spacial score (nSPS) is 11.0. The Kier molecular flexibility index (Phi) is 3.05. The topological polar surface area (TPSA) is 51.3 Å². The van der Waals surface area contributed by atoms with Gasteiger partial charge in [-0.2, -0.15) is 0 Å². The second-order valence-corrected chi connectivity index (χ2v) is 5.28. The minimum Gasteiger partial charge on any atom is -0.463 e. The lowest BCUT2D eigenvalue weighted by Crippen LogP contribution is -2.28. The molecule has 3 rings (SSSR count). The van der Waals surface area contributed by atoms with Crippen LogP contribution in [-0.4, -0.2) is 22.5 Å². The molecule has 0 saturated carbocycles. The van der Waals surface area contributed by atoms with Crippen molar-refractivity contribution in [1.82, 2.24) is 9.55 Å². The number of carbonyl (C=O) groups is 1. The van der Waals surface area contributed by atoms with Gasteiger partial charge in [-0.3, -0.25) is 9.69 Å². The minimum absolute atomic E-state index is 0.133. The third-order valence-corrected chi connectivity index (χ3v) is 3.82. The zero-order chi connectivity index (χ0) is 15.1. The number of benzene rings is 1. The molecule has 0 aliphatic heterocycles.